The summed E-state index contributed by atoms with van der Waals surface area (Å²) in [5.74, 6) is 0. The van der Waals surface area contributed by atoms with Crippen LogP contribution in [-0.2, 0) is 0 Å². The fourth-order valence-corrected chi connectivity index (χ4v) is 3.10. The molecule has 3 heteroatoms. The van der Waals surface area contributed by atoms with Crippen LogP contribution in [0.4, 0.5) is 11.4 Å². The van der Waals surface area contributed by atoms with Gasteiger partial charge in [0.25, 0.3) is 0 Å². The van der Waals surface area contributed by atoms with Crippen molar-refractivity contribution in [2.24, 2.45) is 0 Å². The van der Waals surface area contributed by atoms with Crippen molar-refractivity contribution in [3.63, 3.8) is 0 Å². The van der Waals surface area contributed by atoms with E-state index in [9.17, 15) is 0 Å². The van der Waals surface area contributed by atoms with E-state index in [1.807, 2.05) is 12.1 Å². The van der Waals surface area contributed by atoms with Gasteiger partial charge in [-0.1, -0.05) is 26.0 Å². The Morgan fingerprint density at radius 1 is 1.33 bits per heavy atom. The van der Waals surface area contributed by atoms with E-state index in [0.29, 0.717) is 6.04 Å². The van der Waals surface area contributed by atoms with Gasteiger partial charge in [-0.15, -0.1) is 0 Å². The first-order valence-corrected chi connectivity index (χ1v) is 7.01. The largest absolute Gasteiger partial charge is 0.397 e. The van der Waals surface area contributed by atoms with E-state index in [-0.39, 0.29) is 0 Å². The molecule has 100 valence electrons. The molecule has 0 radical (unpaired) electrons. The van der Waals surface area contributed by atoms with Gasteiger partial charge in [0, 0.05) is 19.1 Å². The molecule has 0 aromatic heterocycles. The fourth-order valence-electron chi connectivity index (χ4n) is 3.10. The average Bonchev–Trinajstić information content (AvgIpc) is 2.80. The smallest absolute Gasteiger partial charge is 0.0630 e. The van der Waals surface area contributed by atoms with E-state index in [1.54, 1.807) is 0 Å². The molecular formula is C15H25N3. The molecule has 0 amide bonds. The number of para-hydroxylation sites is 1. The summed E-state index contributed by atoms with van der Waals surface area (Å²) in [4.78, 5) is 5.00. The van der Waals surface area contributed by atoms with Gasteiger partial charge in [0.15, 0.2) is 0 Å². The first-order valence-electron chi connectivity index (χ1n) is 7.01. The van der Waals surface area contributed by atoms with Crippen LogP contribution in [0.25, 0.3) is 0 Å². The number of nitrogen functional groups attached to an aromatic ring is 1. The van der Waals surface area contributed by atoms with Crippen molar-refractivity contribution in [2.45, 2.75) is 33.2 Å². The fraction of sp³-hybridized carbons (Fsp3) is 0.600. The Morgan fingerprint density at radius 2 is 2.06 bits per heavy atom. The highest BCUT2D eigenvalue weighted by Crippen LogP contribution is 2.31. The lowest BCUT2D eigenvalue weighted by atomic mass is 10.1. The third kappa shape index (κ3) is 2.46. The molecule has 1 unspecified atom stereocenters. The lowest BCUT2D eigenvalue weighted by molar-refractivity contribution is 0.232. The summed E-state index contributed by atoms with van der Waals surface area (Å²) in [6, 6.07) is 6.87. The van der Waals surface area contributed by atoms with Crippen molar-refractivity contribution in [1.29, 1.82) is 0 Å². The average molecular weight is 247 g/mol. The summed E-state index contributed by atoms with van der Waals surface area (Å²) < 4.78 is 0. The van der Waals surface area contributed by atoms with Crippen LogP contribution in [0.3, 0.4) is 0 Å². The quantitative estimate of drug-likeness (QED) is 0.830. The van der Waals surface area contributed by atoms with Gasteiger partial charge in [-0.25, -0.2) is 0 Å². The van der Waals surface area contributed by atoms with Gasteiger partial charge < -0.3 is 10.6 Å². The maximum Gasteiger partial charge on any atom is 0.0630 e. The van der Waals surface area contributed by atoms with Gasteiger partial charge >= 0.3 is 0 Å². The zero-order chi connectivity index (χ0) is 13.1. The molecule has 2 N–H and O–H groups in total. The van der Waals surface area contributed by atoms with E-state index < -0.39 is 0 Å². The van der Waals surface area contributed by atoms with E-state index in [4.69, 9.17) is 5.73 Å². The minimum absolute atomic E-state index is 0.680. The van der Waals surface area contributed by atoms with Crippen molar-refractivity contribution in [2.75, 3.05) is 36.8 Å². The lowest BCUT2D eigenvalue weighted by Crippen LogP contribution is -2.37. The number of nitrogens with zero attached hydrogens (tertiary/aromatic N) is 2. The van der Waals surface area contributed by atoms with E-state index >= 15 is 0 Å². The van der Waals surface area contributed by atoms with Crippen LogP contribution in [0.2, 0.25) is 0 Å². The minimum atomic E-state index is 0.680. The summed E-state index contributed by atoms with van der Waals surface area (Å²) in [5, 5.41) is 0. The van der Waals surface area contributed by atoms with Crippen molar-refractivity contribution in [1.82, 2.24) is 4.90 Å². The maximum atomic E-state index is 6.13. The van der Waals surface area contributed by atoms with Crippen LogP contribution < -0.4 is 10.6 Å². The van der Waals surface area contributed by atoms with Gasteiger partial charge in [0.1, 0.15) is 0 Å². The van der Waals surface area contributed by atoms with Crippen LogP contribution in [0, 0.1) is 6.92 Å². The van der Waals surface area contributed by atoms with Crippen molar-refractivity contribution < 1.29 is 0 Å². The second kappa shape index (κ2) is 5.61. The molecule has 1 atom stereocenters. The molecule has 1 saturated heterocycles. The van der Waals surface area contributed by atoms with Crippen molar-refractivity contribution in [3.05, 3.63) is 23.8 Å². The number of likely N-dealkylation sites (N-methyl/N-ethyl adjacent to an activating group) is 1. The molecule has 18 heavy (non-hydrogen) atoms. The Balaban J connectivity index is 2.13. The number of hydrogen-bond donors (Lipinski definition) is 1. The number of aryl methyl sites for hydroxylation is 1. The van der Waals surface area contributed by atoms with Gasteiger partial charge in [-0.05, 0) is 38.1 Å². The monoisotopic (exact) mass is 247 g/mol. The Kier molecular flexibility index (Phi) is 4.12. The van der Waals surface area contributed by atoms with Gasteiger partial charge in [-0.3, -0.25) is 4.90 Å². The highest BCUT2D eigenvalue weighted by atomic mass is 15.3. The van der Waals surface area contributed by atoms with E-state index in [1.165, 1.54) is 17.7 Å². The van der Waals surface area contributed by atoms with Gasteiger partial charge in [0.2, 0.25) is 0 Å². The normalized spacial score (nSPS) is 19.8. The van der Waals surface area contributed by atoms with E-state index in [0.717, 1.165) is 31.9 Å². The third-order valence-electron chi connectivity index (χ3n) is 4.08. The Hall–Kier alpha value is -1.22. The molecule has 1 aromatic rings. The molecule has 1 aromatic carbocycles. The van der Waals surface area contributed by atoms with Crippen LogP contribution in [-0.4, -0.2) is 37.1 Å². The number of rotatable bonds is 4. The van der Waals surface area contributed by atoms with Crippen LogP contribution in [0.15, 0.2) is 18.2 Å². The maximum absolute atomic E-state index is 6.13. The third-order valence-corrected chi connectivity index (χ3v) is 4.08. The molecule has 2 rings (SSSR count). The Morgan fingerprint density at radius 3 is 2.67 bits per heavy atom. The Bertz CT molecular complexity index is 378. The highest BCUT2D eigenvalue weighted by Gasteiger charge is 2.27. The zero-order valence-electron chi connectivity index (χ0n) is 11.8. The topological polar surface area (TPSA) is 32.5 Å². The number of benzene rings is 1. The summed E-state index contributed by atoms with van der Waals surface area (Å²) in [7, 11) is 0. The van der Waals surface area contributed by atoms with Crippen LogP contribution in [0.1, 0.15) is 25.8 Å². The Labute approximate surface area is 111 Å². The summed E-state index contributed by atoms with van der Waals surface area (Å²) in [6.45, 7) is 11.1. The first kappa shape index (κ1) is 13.2. The SMILES string of the molecule is CCN(CC)C1CCN(c2c(C)cccc2N)C1. The van der Waals surface area contributed by atoms with Crippen LogP contribution in [0.5, 0.6) is 0 Å². The summed E-state index contributed by atoms with van der Waals surface area (Å²) in [6.07, 6.45) is 1.25. The predicted molar refractivity (Wildman–Crippen MR) is 79.1 cm³/mol. The first-order chi connectivity index (χ1) is 8.67. The molecule has 0 bridgehead atoms. The molecule has 1 fully saturated rings. The van der Waals surface area contributed by atoms with Crippen molar-refractivity contribution in [3.8, 4) is 0 Å². The summed E-state index contributed by atoms with van der Waals surface area (Å²) >= 11 is 0. The number of nitrogens with two attached hydrogens (primary N) is 1. The molecular weight excluding hydrogens is 222 g/mol. The molecule has 3 nitrogen and oxygen atoms in total. The molecule has 0 aliphatic carbocycles. The second-order valence-electron chi connectivity index (χ2n) is 5.12. The van der Waals surface area contributed by atoms with Gasteiger partial charge in [-0.2, -0.15) is 0 Å². The van der Waals surface area contributed by atoms with Crippen molar-refractivity contribution >= 4 is 11.4 Å². The molecule has 1 aliphatic heterocycles. The van der Waals surface area contributed by atoms with Crippen LogP contribution >= 0.6 is 0 Å². The summed E-state index contributed by atoms with van der Waals surface area (Å²) in [5.41, 5.74) is 9.57. The number of anilines is 2. The van der Waals surface area contributed by atoms with Gasteiger partial charge in [0.05, 0.1) is 11.4 Å². The lowest BCUT2D eigenvalue weighted by Gasteiger charge is -2.27. The molecule has 1 heterocycles. The second-order valence-corrected chi connectivity index (χ2v) is 5.12. The standard InChI is InChI=1S/C15H25N3/c1-4-17(5-2)13-9-10-18(11-13)15-12(3)7-6-8-14(15)16/h6-8,13H,4-5,9-11,16H2,1-3H3. The predicted octanol–water partition coefficient (Wildman–Crippen LogP) is 2.50. The number of hydrogen-bond acceptors (Lipinski definition) is 3. The highest BCUT2D eigenvalue weighted by molar-refractivity contribution is 5.71. The molecule has 0 spiro atoms. The van der Waals surface area contributed by atoms with E-state index in [2.05, 4.69) is 36.6 Å². The minimum Gasteiger partial charge on any atom is -0.397 e. The molecule has 0 saturated carbocycles. The zero-order valence-corrected chi connectivity index (χ0v) is 11.8. The molecule has 1 aliphatic rings.